The number of benzene rings is 4. The maximum absolute atomic E-state index is 12.4. The molecular formula is C29H25N3O3. The standard InChI is InChI=1S/C29H25N3O3/c1-2-34-25-13-10-21(11-14-25)17-29(33)32-31-19-27-26-9-4-3-8-24(26)12-15-28(27)35-20-23-7-5-6-22(16-23)18-30/h3-16,19H,2,17,20H2,1H3,(H,32,33)/b31-19-. The van der Waals surface area contributed by atoms with Gasteiger partial charge in [-0.3, -0.25) is 4.79 Å². The first-order valence-electron chi connectivity index (χ1n) is 11.3. The van der Waals surface area contributed by atoms with Crippen LogP contribution < -0.4 is 14.9 Å². The van der Waals surface area contributed by atoms with E-state index in [9.17, 15) is 4.79 Å². The lowest BCUT2D eigenvalue weighted by molar-refractivity contribution is -0.120. The van der Waals surface area contributed by atoms with Crippen LogP contribution in [0.15, 0.2) is 90.0 Å². The summed E-state index contributed by atoms with van der Waals surface area (Å²) in [5.74, 6) is 1.19. The first kappa shape index (κ1) is 23.5. The van der Waals surface area contributed by atoms with E-state index in [-0.39, 0.29) is 12.3 Å². The summed E-state index contributed by atoms with van der Waals surface area (Å²) in [6.45, 7) is 2.83. The number of amides is 1. The summed E-state index contributed by atoms with van der Waals surface area (Å²) in [5.41, 5.74) is 5.72. The van der Waals surface area contributed by atoms with Crippen LogP contribution in [0.1, 0.15) is 29.2 Å². The SMILES string of the molecule is CCOc1ccc(CC(=O)N/N=C\c2c(OCc3cccc(C#N)c3)ccc3ccccc23)cc1. The molecule has 174 valence electrons. The monoisotopic (exact) mass is 463 g/mol. The molecule has 1 amide bonds. The van der Waals surface area contributed by atoms with Gasteiger partial charge < -0.3 is 9.47 Å². The van der Waals surface area contributed by atoms with Crippen molar-refractivity contribution in [1.82, 2.24) is 5.43 Å². The van der Waals surface area contributed by atoms with Gasteiger partial charge in [0.25, 0.3) is 0 Å². The molecule has 0 aliphatic rings. The molecule has 0 unspecified atom stereocenters. The minimum absolute atomic E-state index is 0.206. The summed E-state index contributed by atoms with van der Waals surface area (Å²) in [7, 11) is 0. The largest absolute Gasteiger partial charge is 0.494 e. The summed E-state index contributed by atoms with van der Waals surface area (Å²) >= 11 is 0. The number of carbonyl (C=O) groups excluding carboxylic acids is 1. The summed E-state index contributed by atoms with van der Waals surface area (Å²) < 4.78 is 11.5. The lowest BCUT2D eigenvalue weighted by Crippen LogP contribution is -2.19. The zero-order valence-corrected chi connectivity index (χ0v) is 19.4. The number of fused-ring (bicyclic) bond motifs is 1. The first-order chi connectivity index (χ1) is 17.2. The second kappa shape index (κ2) is 11.5. The van der Waals surface area contributed by atoms with Crippen molar-refractivity contribution in [2.45, 2.75) is 20.0 Å². The van der Waals surface area contributed by atoms with Gasteiger partial charge in [-0.2, -0.15) is 10.4 Å². The predicted octanol–water partition coefficient (Wildman–Crippen LogP) is 5.38. The lowest BCUT2D eigenvalue weighted by Gasteiger charge is -2.12. The van der Waals surface area contributed by atoms with E-state index < -0.39 is 0 Å². The molecular weight excluding hydrogens is 438 g/mol. The smallest absolute Gasteiger partial charge is 0.244 e. The Kier molecular flexibility index (Phi) is 7.72. The molecule has 0 radical (unpaired) electrons. The molecule has 0 fully saturated rings. The molecule has 0 saturated carbocycles. The Labute approximate surface area is 204 Å². The molecule has 0 aliphatic carbocycles. The first-order valence-corrected chi connectivity index (χ1v) is 11.3. The molecule has 35 heavy (non-hydrogen) atoms. The van der Waals surface area contributed by atoms with E-state index in [4.69, 9.17) is 14.7 Å². The van der Waals surface area contributed by atoms with Crippen LogP contribution in [0.5, 0.6) is 11.5 Å². The molecule has 6 heteroatoms. The van der Waals surface area contributed by atoms with E-state index in [1.165, 1.54) is 0 Å². The Bertz CT molecular complexity index is 1390. The van der Waals surface area contributed by atoms with E-state index in [1.807, 2.05) is 79.7 Å². The third-order valence-electron chi connectivity index (χ3n) is 5.36. The highest BCUT2D eigenvalue weighted by atomic mass is 16.5. The molecule has 0 aliphatic heterocycles. The summed E-state index contributed by atoms with van der Waals surface area (Å²) in [5, 5.41) is 15.3. The van der Waals surface area contributed by atoms with Gasteiger partial charge in [-0.25, -0.2) is 5.43 Å². The lowest BCUT2D eigenvalue weighted by atomic mass is 10.0. The van der Waals surface area contributed by atoms with Crippen LogP contribution in [-0.4, -0.2) is 18.7 Å². The number of hydrazone groups is 1. The number of nitrogens with zero attached hydrogens (tertiary/aromatic N) is 2. The maximum atomic E-state index is 12.4. The van der Waals surface area contributed by atoms with E-state index >= 15 is 0 Å². The van der Waals surface area contributed by atoms with Gasteiger partial charge in [-0.05, 0) is 59.2 Å². The van der Waals surface area contributed by atoms with E-state index in [2.05, 4.69) is 16.6 Å². The van der Waals surface area contributed by atoms with Crippen LogP contribution in [0.3, 0.4) is 0 Å². The van der Waals surface area contributed by atoms with Gasteiger partial charge in [0, 0.05) is 5.56 Å². The van der Waals surface area contributed by atoms with Gasteiger partial charge in [-0.1, -0.05) is 54.6 Å². The van der Waals surface area contributed by atoms with Crippen LogP contribution in [0, 0.1) is 11.3 Å². The minimum Gasteiger partial charge on any atom is -0.494 e. The highest BCUT2D eigenvalue weighted by Crippen LogP contribution is 2.27. The quantitative estimate of drug-likeness (QED) is 0.267. The molecule has 4 aromatic carbocycles. The van der Waals surface area contributed by atoms with Gasteiger partial charge in [0.15, 0.2) is 0 Å². The molecule has 6 nitrogen and oxygen atoms in total. The molecule has 1 N–H and O–H groups in total. The number of ether oxygens (including phenoxy) is 2. The van der Waals surface area contributed by atoms with Gasteiger partial charge >= 0.3 is 0 Å². The Hall–Kier alpha value is -4.63. The fraction of sp³-hybridized carbons (Fsp3) is 0.138. The summed E-state index contributed by atoms with van der Waals surface area (Å²) in [4.78, 5) is 12.4. The Morgan fingerprint density at radius 2 is 1.80 bits per heavy atom. The molecule has 4 aromatic rings. The zero-order valence-electron chi connectivity index (χ0n) is 19.4. The van der Waals surface area contributed by atoms with Gasteiger partial charge in [0.2, 0.25) is 5.91 Å². The maximum Gasteiger partial charge on any atom is 0.244 e. The van der Waals surface area contributed by atoms with Crippen molar-refractivity contribution in [2.75, 3.05) is 6.61 Å². The molecule has 0 spiro atoms. The van der Waals surface area contributed by atoms with Crippen LogP contribution >= 0.6 is 0 Å². The highest BCUT2D eigenvalue weighted by molar-refractivity contribution is 6.02. The number of nitriles is 1. The number of carbonyl (C=O) groups is 1. The Morgan fingerprint density at radius 1 is 0.971 bits per heavy atom. The number of rotatable bonds is 9. The van der Waals surface area contributed by atoms with E-state index in [0.29, 0.717) is 24.5 Å². The highest BCUT2D eigenvalue weighted by Gasteiger charge is 2.09. The summed E-state index contributed by atoms with van der Waals surface area (Å²) in [6, 6.07) is 28.7. The third kappa shape index (κ3) is 6.24. The van der Waals surface area contributed by atoms with Crippen molar-refractivity contribution in [3.8, 4) is 17.6 Å². The molecule has 0 atom stereocenters. The molecule has 0 heterocycles. The van der Waals surface area contributed by atoms with Crippen molar-refractivity contribution in [3.63, 3.8) is 0 Å². The fourth-order valence-electron chi connectivity index (χ4n) is 3.69. The van der Waals surface area contributed by atoms with Gasteiger partial charge in [-0.15, -0.1) is 0 Å². The molecule has 4 rings (SSSR count). The summed E-state index contributed by atoms with van der Waals surface area (Å²) in [6.07, 6.45) is 1.82. The van der Waals surface area contributed by atoms with Crippen molar-refractivity contribution >= 4 is 22.9 Å². The van der Waals surface area contributed by atoms with Gasteiger partial charge in [0.05, 0.1) is 30.9 Å². The van der Waals surface area contributed by atoms with Crippen molar-refractivity contribution in [3.05, 3.63) is 107 Å². The minimum atomic E-state index is -0.221. The molecule has 0 saturated heterocycles. The molecule has 0 aromatic heterocycles. The zero-order chi connectivity index (χ0) is 24.5. The van der Waals surface area contributed by atoms with Crippen molar-refractivity contribution in [1.29, 1.82) is 5.26 Å². The van der Waals surface area contributed by atoms with Crippen LogP contribution in [0.2, 0.25) is 0 Å². The van der Waals surface area contributed by atoms with E-state index in [0.717, 1.165) is 33.2 Å². The third-order valence-corrected chi connectivity index (χ3v) is 5.36. The predicted molar refractivity (Wildman–Crippen MR) is 136 cm³/mol. The van der Waals surface area contributed by atoms with Crippen LogP contribution in [0.25, 0.3) is 10.8 Å². The number of hydrogen-bond donors (Lipinski definition) is 1. The van der Waals surface area contributed by atoms with Crippen LogP contribution in [-0.2, 0) is 17.8 Å². The van der Waals surface area contributed by atoms with Crippen molar-refractivity contribution < 1.29 is 14.3 Å². The fourth-order valence-corrected chi connectivity index (χ4v) is 3.69. The second-order valence-corrected chi connectivity index (χ2v) is 7.85. The number of hydrogen-bond acceptors (Lipinski definition) is 5. The Balaban J connectivity index is 1.48. The normalized spacial score (nSPS) is 10.7. The second-order valence-electron chi connectivity index (χ2n) is 7.85. The van der Waals surface area contributed by atoms with E-state index in [1.54, 1.807) is 18.3 Å². The van der Waals surface area contributed by atoms with Gasteiger partial charge in [0.1, 0.15) is 18.1 Å². The number of nitrogens with one attached hydrogen (secondary N) is 1. The average molecular weight is 464 g/mol. The Morgan fingerprint density at radius 3 is 2.60 bits per heavy atom. The van der Waals surface area contributed by atoms with Crippen LogP contribution in [0.4, 0.5) is 0 Å². The average Bonchev–Trinajstić information content (AvgIpc) is 2.89. The molecule has 0 bridgehead atoms. The topological polar surface area (TPSA) is 83.7 Å². The van der Waals surface area contributed by atoms with Crippen molar-refractivity contribution in [2.24, 2.45) is 5.10 Å².